The molecule has 0 N–H and O–H groups in total. The molecule has 0 spiro atoms. The first-order valence-electron chi connectivity index (χ1n) is 15.9. The van der Waals surface area contributed by atoms with Gasteiger partial charge >= 0.3 is 0 Å². The zero-order valence-electron chi connectivity index (χ0n) is 28.3. The van der Waals surface area contributed by atoms with Gasteiger partial charge in [0.25, 0.3) is 0 Å². The lowest BCUT2D eigenvalue weighted by atomic mass is 9.94. The average Bonchev–Trinajstić information content (AvgIpc) is 3.40. The molecule has 190 valence electrons. The van der Waals surface area contributed by atoms with Crippen LogP contribution in [-0.4, -0.2) is 0 Å². The summed E-state index contributed by atoms with van der Waals surface area (Å²) in [5.41, 5.74) is 5.50. The molecule has 2 heterocycles. The summed E-state index contributed by atoms with van der Waals surface area (Å²) in [6.07, 6.45) is 0.979. The highest BCUT2D eigenvalue weighted by molar-refractivity contribution is 6.15. The Hall–Kier alpha value is -4.75. The van der Waals surface area contributed by atoms with Crippen molar-refractivity contribution in [3.8, 4) is 39.6 Å². The summed E-state index contributed by atoms with van der Waals surface area (Å²) < 4.78 is 79.7. The highest BCUT2D eigenvalue weighted by atomic mass is 19.1. The van der Waals surface area contributed by atoms with Crippen molar-refractivity contribution in [1.82, 2.24) is 0 Å². The number of hydrogen-bond donors (Lipinski definition) is 0. The zero-order valence-corrected chi connectivity index (χ0v) is 21.3. The van der Waals surface area contributed by atoms with Gasteiger partial charge in [-0.2, -0.15) is 9.83 Å². The molecule has 4 aromatic carbocycles. The molecule has 0 amide bonds. The Balaban J connectivity index is 1.62. The van der Waals surface area contributed by atoms with Gasteiger partial charge in [0, 0.05) is 37.6 Å². The number of rotatable bonds is 4. The number of aromatic nitrogens is 1. The van der Waals surface area contributed by atoms with Crippen molar-refractivity contribution < 1.29 is 23.0 Å². The number of nitrogens with zero attached hydrogens (tertiary/aromatic N) is 2. The van der Waals surface area contributed by atoms with E-state index in [0.29, 0.717) is 38.6 Å². The van der Waals surface area contributed by atoms with Crippen LogP contribution in [-0.2, 0) is 7.05 Å². The first-order valence-corrected chi connectivity index (χ1v) is 12.4. The van der Waals surface area contributed by atoms with Gasteiger partial charge in [-0.25, -0.2) is 4.39 Å². The predicted molar refractivity (Wildman–Crippen MR) is 155 cm³/mol. The van der Waals surface area contributed by atoms with Crippen LogP contribution < -0.4 is 4.57 Å². The van der Waals surface area contributed by atoms with E-state index in [1.54, 1.807) is 26.1 Å². The van der Waals surface area contributed by atoms with Crippen LogP contribution in [0.4, 0.5) is 4.39 Å². The SMILES string of the molecule is [2H]C([2H])([2H])C([2H])(c1cc(-c2c(C)ccc3c2oc2c(-c4ccc(-c5ccccc5)cc4)ccc(C#N)c23)[n+](C)cc1F)C([2H])([2H])[2H]. The molecule has 0 aliphatic carbocycles. The Morgan fingerprint density at radius 2 is 1.64 bits per heavy atom. The third-order valence-corrected chi connectivity index (χ3v) is 7.17. The molecule has 0 radical (unpaired) electrons. The van der Waals surface area contributed by atoms with Gasteiger partial charge in [0.15, 0.2) is 5.82 Å². The number of halogens is 1. The van der Waals surface area contributed by atoms with Gasteiger partial charge in [-0.05, 0) is 47.2 Å². The molecule has 0 aliphatic heterocycles. The van der Waals surface area contributed by atoms with Crippen LogP contribution in [0.15, 0.2) is 95.5 Å². The van der Waals surface area contributed by atoms with Gasteiger partial charge in [-0.1, -0.05) is 80.4 Å². The van der Waals surface area contributed by atoms with Crippen LogP contribution in [0.5, 0.6) is 0 Å². The molecule has 0 saturated heterocycles. The number of aryl methyl sites for hydroxylation is 2. The fourth-order valence-corrected chi connectivity index (χ4v) is 5.21. The summed E-state index contributed by atoms with van der Waals surface area (Å²) in [6, 6.07) is 28.5. The summed E-state index contributed by atoms with van der Waals surface area (Å²) in [5, 5.41) is 11.2. The van der Waals surface area contributed by atoms with E-state index in [2.05, 4.69) is 6.07 Å². The lowest BCUT2D eigenvalue weighted by Gasteiger charge is -2.10. The molecule has 2 aromatic heterocycles. The van der Waals surface area contributed by atoms with Gasteiger partial charge in [0.2, 0.25) is 11.9 Å². The van der Waals surface area contributed by atoms with Gasteiger partial charge in [0.1, 0.15) is 18.2 Å². The van der Waals surface area contributed by atoms with Crippen LogP contribution in [0.3, 0.4) is 0 Å². The smallest absolute Gasteiger partial charge is 0.216 e. The van der Waals surface area contributed by atoms with Gasteiger partial charge in [-0.15, -0.1) is 0 Å². The van der Waals surface area contributed by atoms with E-state index in [-0.39, 0.29) is 5.69 Å². The zero-order chi connectivity index (χ0) is 33.2. The number of benzene rings is 4. The largest absolute Gasteiger partial charge is 0.454 e. The first kappa shape index (κ1) is 17.7. The minimum atomic E-state index is -3.37. The second kappa shape index (κ2) is 9.53. The highest BCUT2D eigenvalue weighted by Gasteiger charge is 2.25. The fourth-order valence-electron chi connectivity index (χ4n) is 5.21. The lowest BCUT2D eigenvalue weighted by Crippen LogP contribution is -2.32. The van der Waals surface area contributed by atoms with Crippen LogP contribution in [0, 0.1) is 24.1 Å². The van der Waals surface area contributed by atoms with Crippen LogP contribution in [0.1, 0.15) is 45.9 Å². The van der Waals surface area contributed by atoms with Crippen LogP contribution in [0.2, 0.25) is 0 Å². The van der Waals surface area contributed by atoms with Crippen LogP contribution >= 0.6 is 0 Å². The molecule has 6 rings (SSSR count). The number of nitriles is 1. The van der Waals surface area contributed by atoms with Crippen molar-refractivity contribution >= 4 is 21.9 Å². The molecule has 39 heavy (non-hydrogen) atoms. The summed E-state index contributed by atoms with van der Waals surface area (Å²) in [4.78, 5) is 0. The minimum absolute atomic E-state index is 0.246. The van der Waals surface area contributed by atoms with E-state index in [9.17, 15) is 5.26 Å². The maximum Gasteiger partial charge on any atom is 0.216 e. The van der Waals surface area contributed by atoms with E-state index in [4.69, 9.17) is 14.0 Å². The highest BCUT2D eigenvalue weighted by Crippen LogP contribution is 2.42. The number of hydrogen-bond acceptors (Lipinski definition) is 2. The maximum atomic E-state index is 15.5. The predicted octanol–water partition coefficient (Wildman–Crippen LogP) is 8.85. The van der Waals surface area contributed by atoms with Crippen molar-refractivity contribution in [2.75, 3.05) is 0 Å². The summed E-state index contributed by atoms with van der Waals surface area (Å²) >= 11 is 0. The van der Waals surface area contributed by atoms with Gasteiger partial charge in [0.05, 0.1) is 17.2 Å². The second-order valence-corrected chi connectivity index (χ2v) is 9.56. The number of fused-ring (bicyclic) bond motifs is 3. The molecule has 0 fully saturated rings. The first-order chi connectivity index (χ1) is 21.7. The van der Waals surface area contributed by atoms with Crippen molar-refractivity contribution in [2.24, 2.45) is 7.05 Å². The minimum Gasteiger partial charge on any atom is -0.454 e. The van der Waals surface area contributed by atoms with E-state index in [1.165, 1.54) is 4.57 Å². The molecule has 0 unspecified atom stereocenters. The van der Waals surface area contributed by atoms with Crippen LogP contribution in [0.25, 0.3) is 55.4 Å². The van der Waals surface area contributed by atoms with Gasteiger partial charge < -0.3 is 4.42 Å². The molecule has 0 saturated carbocycles. The standard InChI is InChI=1S/C35H28FN2O/c1-21(2)29-18-31(38(4)20-30(29)36)32-22(3)10-16-28-33-26(19-37)15-17-27(34(33)39-35(28)32)25-13-11-24(12-14-25)23-8-6-5-7-9-23/h5-18,20-21H,1-4H3/q+1/i1D3,2D3,21D. The normalized spacial score (nSPS) is 15.0. The molecule has 0 atom stereocenters. The molecule has 6 aromatic rings. The van der Waals surface area contributed by atoms with E-state index in [0.717, 1.165) is 34.5 Å². The van der Waals surface area contributed by atoms with E-state index in [1.807, 2.05) is 66.7 Å². The Labute approximate surface area is 237 Å². The second-order valence-electron chi connectivity index (χ2n) is 9.56. The van der Waals surface area contributed by atoms with Crippen molar-refractivity contribution in [3.63, 3.8) is 0 Å². The third kappa shape index (κ3) is 4.08. The molecule has 4 heteroatoms. The topological polar surface area (TPSA) is 40.8 Å². The van der Waals surface area contributed by atoms with Crippen molar-refractivity contribution in [3.05, 3.63) is 114 Å². The Kier molecular flexibility index (Phi) is 4.32. The van der Waals surface area contributed by atoms with E-state index >= 15 is 4.39 Å². The molecule has 3 nitrogen and oxygen atoms in total. The molecular weight excluding hydrogens is 483 g/mol. The Morgan fingerprint density at radius 3 is 2.36 bits per heavy atom. The third-order valence-electron chi connectivity index (χ3n) is 7.17. The lowest BCUT2D eigenvalue weighted by molar-refractivity contribution is -0.662. The summed E-state index contributed by atoms with van der Waals surface area (Å²) in [6.45, 7) is -4.95. The monoisotopic (exact) mass is 518 g/mol. The quantitative estimate of drug-likeness (QED) is 0.219. The fraction of sp³-hybridized carbons (Fsp3) is 0.143. The molecular formula is C35H28FN2O+. The van der Waals surface area contributed by atoms with E-state index < -0.39 is 31.0 Å². The van der Waals surface area contributed by atoms with Gasteiger partial charge in [-0.3, -0.25) is 0 Å². The summed E-state index contributed by atoms with van der Waals surface area (Å²) in [5.74, 6) is -4.37. The maximum absolute atomic E-state index is 15.5. The Morgan fingerprint density at radius 1 is 0.923 bits per heavy atom. The summed E-state index contributed by atoms with van der Waals surface area (Å²) in [7, 11) is 1.54. The number of pyridine rings is 1. The van der Waals surface area contributed by atoms with Crippen molar-refractivity contribution in [2.45, 2.75) is 26.5 Å². The van der Waals surface area contributed by atoms with Crippen molar-refractivity contribution in [1.29, 1.82) is 5.26 Å². The number of furan rings is 1. The molecule has 0 aliphatic rings. The molecule has 0 bridgehead atoms. The average molecular weight is 519 g/mol. The Bertz CT molecular complexity index is 2170.